The van der Waals surface area contributed by atoms with Crippen LogP contribution in [-0.2, 0) is 13.0 Å². The third-order valence-electron chi connectivity index (χ3n) is 3.20. The van der Waals surface area contributed by atoms with Crippen LogP contribution in [0.4, 0.5) is 0 Å². The Kier molecular flexibility index (Phi) is 8.22. The zero-order valence-corrected chi connectivity index (χ0v) is 13.6. The van der Waals surface area contributed by atoms with Crippen LogP contribution in [0.2, 0.25) is 0 Å². The number of benzene rings is 2. The summed E-state index contributed by atoms with van der Waals surface area (Å²) in [6, 6.07) is 19.2. The molecule has 114 valence electrons. The summed E-state index contributed by atoms with van der Waals surface area (Å²) in [4.78, 5) is 0. The predicted octanol–water partition coefficient (Wildman–Crippen LogP) is 4.44. The molecule has 2 heteroatoms. The van der Waals surface area contributed by atoms with E-state index in [-0.39, 0.29) is 0 Å². The van der Waals surface area contributed by atoms with Crippen LogP contribution in [0, 0.1) is 0 Å². The number of hydrogen-bond donors (Lipinski definition) is 1. The molecular formula is C19H27NO. The fourth-order valence-corrected chi connectivity index (χ4v) is 2.08. The Balaban J connectivity index is 0.00000106. The fourth-order valence-electron chi connectivity index (χ4n) is 2.08. The average molecular weight is 285 g/mol. The van der Waals surface area contributed by atoms with E-state index in [2.05, 4.69) is 48.6 Å². The van der Waals surface area contributed by atoms with Crippen molar-refractivity contribution in [3.05, 3.63) is 65.7 Å². The van der Waals surface area contributed by atoms with E-state index in [1.54, 1.807) is 7.11 Å². The van der Waals surface area contributed by atoms with Gasteiger partial charge in [0.05, 0.1) is 7.11 Å². The largest absolute Gasteiger partial charge is 0.497 e. The van der Waals surface area contributed by atoms with Gasteiger partial charge in [0.25, 0.3) is 0 Å². The summed E-state index contributed by atoms with van der Waals surface area (Å²) in [5.74, 6) is 0.911. The number of ether oxygens (including phenoxy) is 1. The van der Waals surface area contributed by atoms with Crippen LogP contribution in [0.15, 0.2) is 54.6 Å². The Bertz CT molecular complexity index is 479. The molecule has 2 rings (SSSR count). The third kappa shape index (κ3) is 6.46. The Morgan fingerprint density at radius 2 is 1.52 bits per heavy atom. The standard InChI is InChI=1S/C17H21NO.C2H6/c1-14(18-13-16-6-4-3-5-7-16)12-15-8-10-17(19-2)11-9-15;1-2/h3-11,14,18H,12-13H2,1-2H3;1-2H3. The number of methoxy groups -OCH3 is 1. The molecule has 0 aliphatic rings. The average Bonchev–Trinajstić information content (AvgIpc) is 2.56. The fraction of sp³-hybridized carbons (Fsp3) is 0.368. The molecule has 0 heterocycles. The van der Waals surface area contributed by atoms with Gasteiger partial charge in [-0.25, -0.2) is 0 Å². The monoisotopic (exact) mass is 285 g/mol. The van der Waals surface area contributed by atoms with Crippen LogP contribution in [-0.4, -0.2) is 13.2 Å². The molecule has 0 saturated heterocycles. The maximum atomic E-state index is 5.16. The molecule has 1 unspecified atom stereocenters. The SMILES string of the molecule is CC.COc1ccc(CC(C)NCc2ccccc2)cc1. The number of rotatable bonds is 6. The molecule has 0 aromatic heterocycles. The van der Waals surface area contributed by atoms with Gasteiger partial charge in [-0.05, 0) is 36.6 Å². The summed E-state index contributed by atoms with van der Waals surface area (Å²) in [6.07, 6.45) is 1.02. The molecule has 0 amide bonds. The van der Waals surface area contributed by atoms with Crippen LogP contribution in [0.1, 0.15) is 31.9 Å². The van der Waals surface area contributed by atoms with Crippen molar-refractivity contribution in [2.75, 3.05) is 7.11 Å². The van der Waals surface area contributed by atoms with Crippen LogP contribution >= 0.6 is 0 Å². The third-order valence-corrected chi connectivity index (χ3v) is 3.20. The molecule has 0 bridgehead atoms. The van der Waals surface area contributed by atoms with Crippen molar-refractivity contribution in [3.8, 4) is 5.75 Å². The van der Waals surface area contributed by atoms with Gasteiger partial charge in [0, 0.05) is 12.6 Å². The normalized spacial score (nSPS) is 11.2. The van der Waals surface area contributed by atoms with E-state index in [1.165, 1.54) is 11.1 Å². The van der Waals surface area contributed by atoms with Crippen molar-refractivity contribution in [2.24, 2.45) is 0 Å². The predicted molar refractivity (Wildman–Crippen MR) is 90.8 cm³/mol. The highest BCUT2D eigenvalue weighted by Crippen LogP contribution is 2.12. The van der Waals surface area contributed by atoms with Gasteiger partial charge in [-0.3, -0.25) is 0 Å². The van der Waals surface area contributed by atoms with E-state index in [0.29, 0.717) is 6.04 Å². The Labute approximate surface area is 129 Å². The van der Waals surface area contributed by atoms with Crippen LogP contribution < -0.4 is 10.1 Å². The summed E-state index contributed by atoms with van der Waals surface area (Å²) in [5, 5.41) is 3.54. The first-order valence-electron chi connectivity index (χ1n) is 7.68. The first kappa shape index (κ1) is 17.3. The Hall–Kier alpha value is -1.80. The van der Waals surface area contributed by atoms with Gasteiger partial charge in [-0.2, -0.15) is 0 Å². The second-order valence-electron chi connectivity index (χ2n) is 4.82. The van der Waals surface area contributed by atoms with Crippen molar-refractivity contribution in [3.63, 3.8) is 0 Å². The highest BCUT2D eigenvalue weighted by Gasteiger charge is 2.03. The first-order valence-corrected chi connectivity index (χ1v) is 7.68. The molecule has 21 heavy (non-hydrogen) atoms. The number of hydrogen-bond acceptors (Lipinski definition) is 2. The zero-order chi connectivity index (χ0) is 15.5. The lowest BCUT2D eigenvalue weighted by Crippen LogP contribution is -2.27. The number of nitrogens with one attached hydrogen (secondary N) is 1. The maximum absolute atomic E-state index is 5.16. The van der Waals surface area contributed by atoms with E-state index in [0.717, 1.165) is 18.7 Å². The highest BCUT2D eigenvalue weighted by atomic mass is 16.5. The summed E-state index contributed by atoms with van der Waals surface area (Å²) in [5.41, 5.74) is 2.65. The molecule has 0 fully saturated rings. The van der Waals surface area contributed by atoms with Gasteiger partial charge in [-0.1, -0.05) is 56.3 Å². The van der Waals surface area contributed by atoms with E-state index >= 15 is 0 Å². The molecule has 2 nitrogen and oxygen atoms in total. The van der Waals surface area contributed by atoms with Crippen molar-refractivity contribution in [1.29, 1.82) is 0 Å². The van der Waals surface area contributed by atoms with Gasteiger partial charge in [0.15, 0.2) is 0 Å². The van der Waals surface area contributed by atoms with Crippen molar-refractivity contribution in [1.82, 2.24) is 5.32 Å². The molecule has 0 spiro atoms. The molecule has 2 aromatic rings. The topological polar surface area (TPSA) is 21.3 Å². The van der Waals surface area contributed by atoms with E-state index in [9.17, 15) is 0 Å². The molecule has 0 aliphatic carbocycles. The molecule has 1 N–H and O–H groups in total. The lowest BCUT2D eigenvalue weighted by molar-refractivity contribution is 0.414. The minimum absolute atomic E-state index is 0.452. The van der Waals surface area contributed by atoms with Crippen LogP contribution in [0.3, 0.4) is 0 Å². The zero-order valence-electron chi connectivity index (χ0n) is 13.6. The maximum Gasteiger partial charge on any atom is 0.118 e. The molecule has 0 radical (unpaired) electrons. The summed E-state index contributed by atoms with van der Waals surface area (Å²) >= 11 is 0. The molecule has 0 saturated carbocycles. The summed E-state index contributed by atoms with van der Waals surface area (Å²) in [7, 11) is 1.69. The van der Waals surface area contributed by atoms with E-state index in [4.69, 9.17) is 4.74 Å². The van der Waals surface area contributed by atoms with Gasteiger partial charge in [0.1, 0.15) is 5.75 Å². The Morgan fingerprint density at radius 1 is 0.905 bits per heavy atom. The van der Waals surface area contributed by atoms with Gasteiger partial charge in [-0.15, -0.1) is 0 Å². The lowest BCUT2D eigenvalue weighted by atomic mass is 10.1. The smallest absolute Gasteiger partial charge is 0.118 e. The van der Waals surface area contributed by atoms with Gasteiger partial charge >= 0.3 is 0 Å². The van der Waals surface area contributed by atoms with Gasteiger partial charge in [0.2, 0.25) is 0 Å². The van der Waals surface area contributed by atoms with E-state index < -0.39 is 0 Å². The minimum atomic E-state index is 0.452. The second kappa shape index (κ2) is 10.0. The highest BCUT2D eigenvalue weighted by molar-refractivity contribution is 5.27. The van der Waals surface area contributed by atoms with Gasteiger partial charge < -0.3 is 10.1 Å². The Morgan fingerprint density at radius 3 is 2.10 bits per heavy atom. The van der Waals surface area contributed by atoms with Crippen LogP contribution in [0.5, 0.6) is 5.75 Å². The lowest BCUT2D eigenvalue weighted by Gasteiger charge is -2.14. The van der Waals surface area contributed by atoms with E-state index in [1.807, 2.05) is 32.0 Å². The van der Waals surface area contributed by atoms with Crippen molar-refractivity contribution >= 4 is 0 Å². The summed E-state index contributed by atoms with van der Waals surface area (Å²) in [6.45, 7) is 7.13. The minimum Gasteiger partial charge on any atom is -0.497 e. The quantitative estimate of drug-likeness (QED) is 0.847. The van der Waals surface area contributed by atoms with Crippen molar-refractivity contribution < 1.29 is 4.74 Å². The molecule has 0 aliphatic heterocycles. The van der Waals surface area contributed by atoms with Crippen LogP contribution in [0.25, 0.3) is 0 Å². The molecule has 2 aromatic carbocycles. The summed E-state index contributed by atoms with van der Waals surface area (Å²) < 4.78 is 5.16. The first-order chi connectivity index (χ1) is 10.3. The molecular weight excluding hydrogens is 258 g/mol. The second-order valence-corrected chi connectivity index (χ2v) is 4.82. The molecule has 1 atom stereocenters. The van der Waals surface area contributed by atoms with Crippen molar-refractivity contribution in [2.45, 2.75) is 39.8 Å².